The van der Waals surface area contributed by atoms with E-state index in [0.717, 1.165) is 16.5 Å². The maximum Gasteiger partial charge on any atom is 0.170 e. The van der Waals surface area contributed by atoms with Gasteiger partial charge in [0, 0.05) is 42.2 Å². The second kappa shape index (κ2) is 8.55. The summed E-state index contributed by atoms with van der Waals surface area (Å²) >= 11 is 5.83. The van der Waals surface area contributed by atoms with Gasteiger partial charge in [0.25, 0.3) is 0 Å². The highest BCUT2D eigenvalue weighted by Gasteiger charge is 2.41. The van der Waals surface area contributed by atoms with Crippen molar-refractivity contribution in [3.05, 3.63) is 114 Å². The lowest BCUT2D eigenvalue weighted by Crippen LogP contribution is -2.29. The van der Waals surface area contributed by atoms with Crippen LogP contribution in [0.1, 0.15) is 40.3 Å². The van der Waals surface area contributed by atoms with Gasteiger partial charge in [0.2, 0.25) is 0 Å². The van der Waals surface area contributed by atoms with Crippen LogP contribution >= 0.6 is 12.2 Å². The summed E-state index contributed by atoms with van der Waals surface area (Å²) in [6.45, 7) is 5.06. The van der Waals surface area contributed by atoms with Crippen molar-refractivity contribution in [1.29, 1.82) is 0 Å². The molecule has 4 aromatic rings. The molecule has 6 heteroatoms. The Labute approximate surface area is 193 Å². The van der Waals surface area contributed by atoms with Gasteiger partial charge in [-0.1, -0.05) is 24.3 Å². The first-order valence-corrected chi connectivity index (χ1v) is 11.2. The molecule has 0 saturated carbocycles. The number of rotatable bonds is 5. The molecule has 5 rings (SSSR count). The van der Waals surface area contributed by atoms with Crippen LogP contribution in [-0.4, -0.2) is 24.5 Å². The zero-order valence-electron chi connectivity index (χ0n) is 18.1. The number of nitrogens with zero attached hydrogens (tertiary/aromatic N) is 4. The van der Waals surface area contributed by atoms with Crippen LogP contribution in [0.2, 0.25) is 0 Å². The Morgan fingerprint density at radius 1 is 0.938 bits per heavy atom. The normalized spacial score (nSPS) is 18.1. The van der Waals surface area contributed by atoms with E-state index in [1.807, 2.05) is 48.9 Å². The highest BCUT2D eigenvalue weighted by molar-refractivity contribution is 7.80. The zero-order valence-corrected chi connectivity index (χ0v) is 19.0. The number of benzene rings is 1. The molecule has 2 atom stereocenters. The molecule has 3 aromatic heterocycles. The molecule has 0 bridgehead atoms. The van der Waals surface area contributed by atoms with Gasteiger partial charge in [0.15, 0.2) is 5.11 Å². The molecule has 160 valence electrons. The number of thiocarbonyl (C=S) groups is 1. The van der Waals surface area contributed by atoms with E-state index in [4.69, 9.17) is 12.2 Å². The third-order valence-corrected chi connectivity index (χ3v) is 6.46. The van der Waals surface area contributed by atoms with Crippen molar-refractivity contribution in [3.8, 4) is 5.69 Å². The molecule has 4 heterocycles. The lowest BCUT2D eigenvalue weighted by molar-refractivity contribution is 0.310. The van der Waals surface area contributed by atoms with Gasteiger partial charge in [-0.3, -0.25) is 9.97 Å². The summed E-state index contributed by atoms with van der Waals surface area (Å²) in [5, 5.41) is 4.30. The maximum absolute atomic E-state index is 5.83. The third-order valence-electron chi connectivity index (χ3n) is 6.10. The summed E-state index contributed by atoms with van der Waals surface area (Å²) in [6.07, 6.45) is 5.50. The molecule has 0 aliphatic carbocycles. The van der Waals surface area contributed by atoms with E-state index in [9.17, 15) is 0 Å². The van der Waals surface area contributed by atoms with Gasteiger partial charge >= 0.3 is 0 Å². The smallest absolute Gasteiger partial charge is 0.170 e. The number of pyridine rings is 2. The maximum atomic E-state index is 5.83. The number of para-hydroxylation sites is 1. The van der Waals surface area contributed by atoms with Crippen molar-refractivity contribution in [2.45, 2.75) is 32.5 Å². The SMILES string of the molecule is Cc1cc([C@@H]2[C@@H](c3ccccn3)NC(=S)N2Cc2ccncc2)c(C)n1-c1ccccc1. The summed E-state index contributed by atoms with van der Waals surface area (Å²) < 4.78 is 2.32. The predicted octanol–water partition coefficient (Wildman–Crippen LogP) is 5.06. The minimum Gasteiger partial charge on any atom is -0.352 e. The van der Waals surface area contributed by atoms with E-state index in [1.54, 1.807) is 0 Å². The number of aromatic nitrogens is 3. The summed E-state index contributed by atoms with van der Waals surface area (Å²) in [6, 6.07) is 22.9. The number of nitrogens with one attached hydrogen (secondary N) is 1. The Kier molecular flexibility index (Phi) is 5.45. The molecule has 1 N–H and O–H groups in total. The lowest BCUT2D eigenvalue weighted by Gasteiger charge is -2.28. The zero-order chi connectivity index (χ0) is 22.1. The van der Waals surface area contributed by atoms with Crippen LogP contribution in [0.5, 0.6) is 0 Å². The van der Waals surface area contributed by atoms with Crippen LogP contribution < -0.4 is 5.32 Å². The summed E-state index contributed by atoms with van der Waals surface area (Å²) in [4.78, 5) is 11.1. The van der Waals surface area contributed by atoms with Gasteiger partial charge in [0.1, 0.15) is 0 Å². The largest absolute Gasteiger partial charge is 0.352 e. The quantitative estimate of drug-likeness (QED) is 0.441. The molecule has 32 heavy (non-hydrogen) atoms. The molecule has 0 spiro atoms. The van der Waals surface area contributed by atoms with E-state index in [-0.39, 0.29) is 12.1 Å². The molecule has 1 aliphatic rings. The van der Waals surface area contributed by atoms with Crippen LogP contribution in [0.15, 0.2) is 85.3 Å². The minimum absolute atomic E-state index is 0.0224. The van der Waals surface area contributed by atoms with E-state index < -0.39 is 0 Å². The standard InChI is InChI=1S/C26H25N5S/c1-18-16-22(19(2)31(18)21-8-4-3-5-9-21)25-24(23-10-6-7-13-28-23)29-26(32)30(25)17-20-11-14-27-15-12-20/h3-16,24-25H,17H2,1-2H3,(H,29,32)/t24-,25-/m1/s1. The van der Waals surface area contributed by atoms with E-state index >= 15 is 0 Å². The second-order valence-corrected chi connectivity index (χ2v) is 8.49. The van der Waals surface area contributed by atoms with Crippen molar-refractivity contribution in [2.24, 2.45) is 0 Å². The van der Waals surface area contributed by atoms with Crippen molar-refractivity contribution >= 4 is 17.3 Å². The first-order valence-electron chi connectivity index (χ1n) is 10.7. The number of hydrogen-bond donors (Lipinski definition) is 1. The highest BCUT2D eigenvalue weighted by atomic mass is 32.1. The van der Waals surface area contributed by atoms with E-state index in [0.29, 0.717) is 6.54 Å². The van der Waals surface area contributed by atoms with Crippen LogP contribution in [0.3, 0.4) is 0 Å². The average Bonchev–Trinajstić information content (AvgIpc) is 3.30. The molecule has 0 amide bonds. The monoisotopic (exact) mass is 439 g/mol. The predicted molar refractivity (Wildman–Crippen MR) is 130 cm³/mol. The topological polar surface area (TPSA) is 46.0 Å². The molecule has 0 radical (unpaired) electrons. The van der Waals surface area contributed by atoms with Crippen molar-refractivity contribution in [3.63, 3.8) is 0 Å². The van der Waals surface area contributed by atoms with Gasteiger partial charge in [-0.05, 0) is 79.7 Å². The Balaban J connectivity index is 1.62. The molecular formula is C26H25N5S. The molecular weight excluding hydrogens is 414 g/mol. The van der Waals surface area contributed by atoms with Crippen LogP contribution in [0.4, 0.5) is 0 Å². The Morgan fingerprint density at radius 2 is 1.69 bits per heavy atom. The fraction of sp³-hybridized carbons (Fsp3) is 0.192. The van der Waals surface area contributed by atoms with E-state index in [1.165, 1.54) is 22.5 Å². The minimum atomic E-state index is -0.0322. The van der Waals surface area contributed by atoms with Crippen LogP contribution in [-0.2, 0) is 6.54 Å². The first kappa shape index (κ1) is 20.4. The number of aryl methyl sites for hydroxylation is 1. The fourth-order valence-electron chi connectivity index (χ4n) is 4.66. The Morgan fingerprint density at radius 3 is 2.41 bits per heavy atom. The molecule has 5 nitrogen and oxygen atoms in total. The van der Waals surface area contributed by atoms with E-state index in [2.05, 4.69) is 75.0 Å². The van der Waals surface area contributed by atoms with Crippen LogP contribution in [0, 0.1) is 13.8 Å². The van der Waals surface area contributed by atoms with Gasteiger partial charge in [0.05, 0.1) is 17.8 Å². The fourth-order valence-corrected chi connectivity index (χ4v) is 4.97. The van der Waals surface area contributed by atoms with Gasteiger partial charge in [-0.2, -0.15) is 0 Å². The summed E-state index contributed by atoms with van der Waals surface area (Å²) in [5.74, 6) is 0. The van der Waals surface area contributed by atoms with Crippen LogP contribution in [0.25, 0.3) is 5.69 Å². The Bertz CT molecular complexity index is 1220. The molecule has 1 aliphatic heterocycles. The highest BCUT2D eigenvalue weighted by Crippen LogP contribution is 2.42. The van der Waals surface area contributed by atoms with Crippen molar-refractivity contribution in [2.75, 3.05) is 0 Å². The van der Waals surface area contributed by atoms with Gasteiger partial charge in [-0.15, -0.1) is 0 Å². The second-order valence-electron chi connectivity index (χ2n) is 8.11. The number of hydrogen-bond acceptors (Lipinski definition) is 3. The molecule has 0 unspecified atom stereocenters. The summed E-state index contributed by atoms with van der Waals surface area (Å²) in [5.41, 5.74) is 6.99. The van der Waals surface area contributed by atoms with Crippen molar-refractivity contribution in [1.82, 2.24) is 24.8 Å². The molecule has 1 saturated heterocycles. The Hall–Kier alpha value is -3.51. The molecule has 1 aromatic carbocycles. The van der Waals surface area contributed by atoms with Gasteiger partial charge < -0.3 is 14.8 Å². The van der Waals surface area contributed by atoms with Gasteiger partial charge in [-0.25, -0.2) is 0 Å². The first-order chi connectivity index (χ1) is 15.6. The summed E-state index contributed by atoms with van der Waals surface area (Å²) in [7, 11) is 0. The average molecular weight is 440 g/mol. The third kappa shape index (κ3) is 3.67. The molecule has 1 fully saturated rings. The van der Waals surface area contributed by atoms with Crippen molar-refractivity contribution < 1.29 is 0 Å². The lowest BCUT2D eigenvalue weighted by atomic mass is 9.96.